The second kappa shape index (κ2) is 8.80. The standard InChI is InChI=1S/C19H24N2O4S/c1-11(2)14-6-5-12(3)16(9-14)25-13(4)18(22)20-8-7-17-21-15(10-26-17)19(23)24/h5-6,9-11,13H,7-8H2,1-4H3,(H,20,22)(H,23,24). The van der Waals surface area contributed by atoms with Gasteiger partial charge in [0, 0.05) is 18.3 Å². The molecule has 0 aliphatic carbocycles. The second-order valence-corrected chi connectivity index (χ2v) is 7.36. The molecule has 0 bridgehead atoms. The number of nitrogens with one attached hydrogen (secondary N) is 1. The zero-order valence-corrected chi connectivity index (χ0v) is 16.2. The number of thiazole rings is 1. The number of carboxylic acid groups (broad SMARTS) is 1. The molecular weight excluding hydrogens is 352 g/mol. The SMILES string of the molecule is Cc1ccc(C(C)C)cc1OC(C)C(=O)NCCc1nc(C(=O)O)cs1. The molecule has 1 amide bonds. The molecule has 0 saturated carbocycles. The summed E-state index contributed by atoms with van der Waals surface area (Å²) in [5, 5.41) is 13.8. The van der Waals surface area contributed by atoms with E-state index in [2.05, 4.69) is 30.2 Å². The topological polar surface area (TPSA) is 88.5 Å². The first-order valence-electron chi connectivity index (χ1n) is 8.50. The van der Waals surface area contributed by atoms with Gasteiger partial charge in [-0.2, -0.15) is 0 Å². The fourth-order valence-electron chi connectivity index (χ4n) is 2.31. The van der Waals surface area contributed by atoms with Gasteiger partial charge < -0.3 is 15.2 Å². The minimum atomic E-state index is -1.04. The van der Waals surface area contributed by atoms with E-state index >= 15 is 0 Å². The Morgan fingerprint density at radius 3 is 2.65 bits per heavy atom. The average molecular weight is 376 g/mol. The molecule has 2 rings (SSSR count). The van der Waals surface area contributed by atoms with E-state index in [0.29, 0.717) is 29.6 Å². The number of aromatic carboxylic acids is 1. The van der Waals surface area contributed by atoms with Crippen molar-refractivity contribution in [2.45, 2.75) is 46.1 Å². The van der Waals surface area contributed by atoms with Crippen molar-refractivity contribution in [2.75, 3.05) is 6.54 Å². The lowest BCUT2D eigenvalue weighted by Crippen LogP contribution is -2.37. The molecule has 0 spiro atoms. The maximum atomic E-state index is 12.2. The van der Waals surface area contributed by atoms with E-state index in [4.69, 9.17) is 9.84 Å². The Kier molecular flexibility index (Phi) is 6.74. The van der Waals surface area contributed by atoms with E-state index in [-0.39, 0.29) is 11.6 Å². The second-order valence-electron chi connectivity index (χ2n) is 6.41. The van der Waals surface area contributed by atoms with Crippen LogP contribution in [0.4, 0.5) is 0 Å². The summed E-state index contributed by atoms with van der Waals surface area (Å²) < 4.78 is 5.83. The van der Waals surface area contributed by atoms with E-state index in [1.54, 1.807) is 6.92 Å². The number of amides is 1. The molecule has 0 saturated heterocycles. The average Bonchev–Trinajstić information content (AvgIpc) is 3.05. The zero-order chi connectivity index (χ0) is 19.3. The smallest absolute Gasteiger partial charge is 0.355 e. The number of carboxylic acids is 1. The molecule has 140 valence electrons. The van der Waals surface area contributed by atoms with Crippen LogP contribution in [0, 0.1) is 6.92 Å². The molecule has 0 radical (unpaired) electrons. The number of carbonyl (C=O) groups is 2. The molecule has 1 aromatic heterocycles. The minimum absolute atomic E-state index is 0.0357. The van der Waals surface area contributed by atoms with Crippen LogP contribution in [0.3, 0.4) is 0 Å². The molecule has 1 heterocycles. The number of aromatic nitrogens is 1. The summed E-state index contributed by atoms with van der Waals surface area (Å²) in [6.45, 7) is 8.26. The van der Waals surface area contributed by atoms with Gasteiger partial charge in [-0.25, -0.2) is 9.78 Å². The predicted octanol–water partition coefficient (Wildman–Crippen LogP) is 3.40. The predicted molar refractivity (Wildman–Crippen MR) is 101 cm³/mol. The summed E-state index contributed by atoms with van der Waals surface area (Å²) in [5.74, 6) is -0.159. The summed E-state index contributed by atoms with van der Waals surface area (Å²) in [6, 6.07) is 6.04. The highest BCUT2D eigenvalue weighted by molar-refractivity contribution is 7.09. The molecule has 1 unspecified atom stereocenters. The van der Waals surface area contributed by atoms with Gasteiger partial charge in [0.2, 0.25) is 0 Å². The molecular formula is C19H24N2O4S. The van der Waals surface area contributed by atoms with Gasteiger partial charge in [-0.3, -0.25) is 4.79 Å². The Hall–Kier alpha value is -2.41. The zero-order valence-electron chi connectivity index (χ0n) is 15.4. The fourth-order valence-corrected chi connectivity index (χ4v) is 3.08. The largest absolute Gasteiger partial charge is 0.481 e. The molecule has 1 aromatic carbocycles. The van der Waals surface area contributed by atoms with Crippen LogP contribution in [0.15, 0.2) is 23.6 Å². The number of benzene rings is 1. The molecule has 26 heavy (non-hydrogen) atoms. The quantitative estimate of drug-likeness (QED) is 0.737. The van der Waals surface area contributed by atoms with Gasteiger partial charge in [-0.05, 0) is 37.0 Å². The Morgan fingerprint density at radius 2 is 2.04 bits per heavy atom. The third kappa shape index (κ3) is 5.29. The number of ether oxygens (including phenoxy) is 1. The Balaban J connectivity index is 1.87. The van der Waals surface area contributed by atoms with E-state index in [1.165, 1.54) is 16.7 Å². The molecule has 2 aromatic rings. The van der Waals surface area contributed by atoms with Crippen molar-refractivity contribution in [3.63, 3.8) is 0 Å². The van der Waals surface area contributed by atoms with Crippen LogP contribution in [0.5, 0.6) is 5.75 Å². The van der Waals surface area contributed by atoms with Crippen molar-refractivity contribution < 1.29 is 19.4 Å². The van der Waals surface area contributed by atoms with Gasteiger partial charge in [0.15, 0.2) is 11.8 Å². The van der Waals surface area contributed by atoms with E-state index < -0.39 is 12.1 Å². The fraction of sp³-hybridized carbons (Fsp3) is 0.421. The van der Waals surface area contributed by atoms with Crippen LogP contribution in [0.1, 0.15) is 53.3 Å². The molecule has 1 atom stereocenters. The summed E-state index contributed by atoms with van der Waals surface area (Å²) in [6.07, 6.45) is -0.139. The molecule has 0 aliphatic rings. The van der Waals surface area contributed by atoms with Gasteiger partial charge in [0.1, 0.15) is 5.75 Å². The first-order chi connectivity index (χ1) is 12.3. The summed E-state index contributed by atoms with van der Waals surface area (Å²) in [5.41, 5.74) is 2.18. The summed E-state index contributed by atoms with van der Waals surface area (Å²) in [7, 11) is 0. The lowest BCUT2D eigenvalue weighted by atomic mass is 10.0. The maximum absolute atomic E-state index is 12.2. The lowest BCUT2D eigenvalue weighted by Gasteiger charge is -2.17. The first-order valence-corrected chi connectivity index (χ1v) is 9.38. The number of aryl methyl sites for hydroxylation is 1. The number of hydrogen-bond donors (Lipinski definition) is 2. The van der Waals surface area contributed by atoms with Crippen molar-refractivity contribution in [1.82, 2.24) is 10.3 Å². The Labute approximate surface area is 157 Å². The van der Waals surface area contributed by atoms with Crippen LogP contribution < -0.4 is 10.1 Å². The number of carbonyl (C=O) groups excluding carboxylic acids is 1. The third-order valence-corrected chi connectivity index (χ3v) is 4.87. The van der Waals surface area contributed by atoms with E-state index in [9.17, 15) is 9.59 Å². The van der Waals surface area contributed by atoms with Crippen molar-refractivity contribution >= 4 is 23.2 Å². The third-order valence-electron chi connectivity index (χ3n) is 3.96. The highest BCUT2D eigenvalue weighted by Crippen LogP contribution is 2.25. The minimum Gasteiger partial charge on any atom is -0.481 e. The normalized spacial score (nSPS) is 12.0. The van der Waals surface area contributed by atoms with Crippen LogP contribution in [0.25, 0.3) is 0 Å². The Morgan fingerprint density at radius 1 is 1.31 bits per heavy atom. The molecule has 7 heteroatoms. The van der Waals surface area contributed by atoms with Gasteiger partial charge in [-0.1, -0.05) is 26.0 Å². The van der Waals surface area contributed by atoms with Crippen molar-refractivity contribution in [1.29, 1.82) is 0 Å². The molecule has 2 N–H and O–H groups in total. The van der Waals surface area contributed by atoms with Gasteiger partial charge in [-0.15, -0.1) is 11.3 Å². The van der Waals surface area contributed by atoms with Crippen LogP contribution in [-0.2, 0) is 11.2 Å². The maximum Gasteiger partial charge on any atom is 0.355 e. The summed E-state index contributed by atoms with van der Waals surface area (Å²) in [4.78, 5) is 27.0. The van der Waals surface area contributed by atoms with Crippen molar-refractivity contribution in [2.24, 2.45) is 0 Å². The number of rotatable bonds is 8. The van der Waals surface area contributed by atoms with Gasteiger partial charge in [0.05, 0.1) is 5.01 Å². The van der Waals surface area contributed by atoms with Gasteiger partial charge >= 0.3 is 5.97 Å². The van der Waals surface area contributed by atoms with Crippen LogP contribution >= 0.6 is 11.3 Å². The van der Waals surface area contributed by atoms with Gasteiger partial charge in [0.25, 0.3) is 5.91 Å². The Bertz CT molecular complexity index is 786. The molecule has 0 aliphatic heterocycles. The first kappa shape index (κ1) is 19.9. The number of nitrogens with zero attached hydrogens (tertiary/aromatic N) is 1. The number of hydrogen-bond acceptors (Lipinski definition) is 5. The van der Waals surface area contributed by atoms with E-state index in [0.717, 1.165) is 11.1 Å². The molecule has 6 nitrogen and oxygen atoms in total. The highest BCUT2D eigenvalue weighted by atomic mass is 32.1. The highest BCUT2D eigenvalue weighted by Gasteiger charge is 2.16. The molecule has 0 fully saturated rings. The lowest BCUT2D eigenvalue weighted by molar-refractivity contribution is -0.127. The van der Waals surface area contributed by atoms with Crippen molar-refractivity contribution in [3.8, 4) is 5.75 Å². The van der Waals surface area contributed by atoms with Crippen LogP contribution in [-0.4, -0.2) is 34.6 Å². The monoisotopic (exact) mass is 376 g/mol. The van der Waals surface area contributed by atoms with E-state index in [1.807, 2.05) is 19.1 Å². The van der Waals surface area contributed by atoms with Crippen LogP contribution in [0.2, 0.25) is 0 Å². The van der Waals surface area contributed by atoms with Crippen molar-refractivity contribution in [3.05, 3.63) is 45.4 Å². The summed E-state index contributed by atoms with van der Waals surface area (Å²) >= 11 is 1.27.